The Morgan fingerprint density at radius 2 is 1.31 bits per heavy atom. The van der Waals surface area contributed by atoms with E-state index in [2.05, 4.69) is 6.92 Å². The van der Waals surface area contributed by atoms with E-state index in [1.165, 1.54) is 0 Å². The Morgan fingerprint density at radius 3 is 1.75 bits per heavy atom. The molecule has 2 aliphatic carbocycles. The Hall–Kier alpha value is -1.10. The minimum absolute atomic E-state index is 0.0191. The van der Waals surface area contributed by atoms with Gasteiger partial charge in [0, 0.05) is 0 Å². The number of carbonyl (C=O) groups is 2. The molecule has 5 heteroatoms. The van der Waals surface area contributed by atoms with Crippen LogP contribution in [-0.2, 0) is 19.1 Å². The number of esters is 2. The van der Waals surface area contributed by atoms with Crippen molar-refractivity contribution in [3.63, 3.8) is 0 Å². The lowest BCUT2D eigenvalue weighted by Crippen LogP contribution is -2.29. The summed E-state index contributed by atoms with van der Waals surface area (Å²) in [7, 11) is 0. The van der Waals surface area contributed by atoms with Crippen molar-refractivity contribution in [1.82, 2.24) is 0 Å². The summed E-state index contributed by atoms with van der Waals surface area (Å²) in [5, 5.41) is 10.3. The molecule has 2 rings (SSSR count). The second-order valence-corrected chi connectivity index (χ2v) is 11.4. The second-order valence-electron chi connectivity index (χ2n) is 11.4. The highest BCUT2D eigenvalue weighted by Gasteiger charge is 2.51. The van der Waals surface area contributed by atoms with Crippen molar-refractivity contribution >= 4 is 11.9 Å². The predicted molar refractivity (Wildman–Crippen MR) is 127 cm³/mol. The molecule has 2 aliphatic rings. The van der Waals surface area contributed by atoms with E-state index >= 15 is 0 Å². The van der Waals surface area contributed by atoms with Crippen molar-refractivity contribution in [2.24, 2.45) is 10.8 Å². The molecule has 32 heavy (non-hydrogen) atoms. The third-order valence-electron chi connectivity index (χ3n) is 7.09. The lowest BCUT2D eigenvalue weighted by atomic mass is 9.95. The van der Waals surface area contributed by atoms with Crippen LogP contribution in [0.15, 0.2) is 0 Å². The van der Waals surface area contributed by atoms with Gasteiger partial charge in [0.25, 0.3) is 0 Å². The third-order valence-corrected chi connectivity index (χ3v) is 7.09. The van der Waals surface area contributed by atoms with Crippen LogP contribution in [-0.4, -0.2) is 35.4 Å². The average Bonchev–Trinajstić information content (AvgIpc) is 3.62. The minimum atomic E-state index is -0.409. The summed E-state index contributed by atoms with van der Waals surface area (Å²) in [6.45, 7) is 8.44. The number of hydrogen-bond donors (Lipinski definition) is 1. The zero-order chi connectivity index (χ0) is 23.7. The van der Waals surface area contributed by atoms with Crippen molar-refractivity contribution in [3.8, 4) is 0 Å². The minimum Gasteiger partial charge on any atom is -0.465 e. The Labute approximate surface area is 196 Å². The number of hydrogen-bond acceptors (Lipinski definition) is 5. The molecule has 0 radical (unpaired) electrons. The first-order valence-electron chi connectivity index (χ1n) is 13.2. The monoisotopic (exact) mass is 452 g/mol. The van der Waals surface area contributed by atoms with Crippen molar-refractivity contribution < 1.29 is 24.2 Å². The van der Waals surface area contributed by atoms with Crippen LogP contribution in [0.4, 0.5) is 0 Å². The van der Waals surface area contributed by atoms with Gasteiger partial charge < -0.3 is 14.6 Å². The molecular weight excluding hydrogens is 404 g/mol. The van der Waals surface area contributed by atoms with E-state index < -0.39 is 5.60 Å². The standard InChI is InChI=1S/C27H48O5/c1-5-6-21-31-23(29)26(17-18-26)15-11-7-9-13-22(28)14-10-8-12-16-27(19-20-27)24(30)32-25(2,3)4/h22,28H,5-21H2,1-4H3. The second kappa shape index (κ2) is 12.4. The summed E-state index contributed by atoms with van der Waals surface area (Å²) in [4.78, 5) is 24.6. The van der Waals surface area contributed by atoms with Crippen LogP contribution < -0.4 is 0 Å². The Balaban J connectivity index is 1.46. The van der Waals surface area contributed by atoms with E-state index in [-0.39, 0.29) is 28.9 Å². The number of aliphatic hydroxyl groups is 1. The van der Waals surface area contributed by atoms with E-state index in [1.807, 2.05) is 20.8 Å². The number of rotatable bonds is 17. The summed E-state index contributed by atoms with van der Waals surface area (Å²) in [6, 6.07) is 0. The summed E-state index contributed by atoms with van der Waals surface area (Å²) in [5.41, 5.74) is -0.800. The van der Waals surface area contributed by atoms with E-state index in [9.17, 15) is 14.7 Å². The summed E-state index contributed by atoms with van der Waals surface area (Å²) in [5.74, 6) is -0.00198. The van der Waals surface area contributed by atoms with E-state index in [1.54, 1.807) is 0 Å². The van der Waals surface area contributed by atoms with Gasteiger partial charge in [0.2, 0.25) is 0 Å². The van der Waals surface area contributed by atoms with Crippen LogP contribution >= 0.6 is 0 Å². The van der Waals surface area contributed by atoms with Crippen molar-refractivity contribution in [2.45, 2.75) is 142 Å². The van der Waals surface area contributed by atoms with E-state index in [4.69, 9.17) is 9.47 Å². The SMILES string of the molecule is CCCCOC(=O)C1(CCCCCC(O)CCCCCC2(C(=O)OC(C)(C)C)CC2)CC1. The lowest BCUT2D eigenvalue weighted by molar-refractivity contribution is -0.162. The molecular formula is C27H48O5. The molecule has 1 N–H and O–H groups in total. The topological polar surface area (TPSA) is 72.8 Å². The normalized spacial score (nSPS) is 19.3. The molecule has 0 aromatic rings. The summed E-state index contributed by atoms with van der Waals surface area (Å²) >= 11 is 0. The van der Waals surface area contributed by atoms with Gasteiger partial charge in [-0.05, 0) is 78.6 Å². The maximum absolute atomic E-state index is 12.4. The maximum atomic E-state index is 12.4. The van der Waals surface area contributed by atoms with Crippen LogP contribution in [0.5, 0.6) is 0 Å². The number of carbonyl (C=O) groups excluding carboxylic acids is 2. The molecule has 0 saturated heterocycles. The fraction of sp³-hybridized carbons (Fsp3) is 0.926. The van der Waals surface area contributed by atoms with E-state index in [0.717, 1.165) is 103 Å². The van der Waals surface area contributed by atoms with Gasteiger partial charge in [-0.15, -0.1) is 0 Å². The number of aliphatic hydroxyl groups excluding tert-OH is 1. The molecule has 0 bridgehead atoms. The smallest absolute Gasteiger partial charge is 0.312 e. The molecule has 0 aromatic carbocycles. The molecule has 0 aromatic heterocycles. The third kappa shape index (κ3) is 9.41. The Bertz CT molecular complexity index is 583. The predicted octanol–water partition coefficient (Wildman–Crippen LogP) is 6.49. The average molecular weight is 453 g/mol. The Morgan fingerprint density at radius 1 is 0.812 bits per heavy atom. The fourth-order valence-electron chi connectivity index (χ4n) is 4.45. The van der Waals surface area contributed by atoms with Crippen LogP contribution in [0, 0.1) is 10.8 Å². The van der Waals surface area contributed by atoms with Gasteiger partial charge in [-0.3, -0.25) is 9.59 Å². The summed E-state index contributed by atoms with van der Waals surface area (Å²) < 4.78 is 11.0. The molecule has 186 valence electrons. The van der Waals surface area contributed by atoms with Gasteiger partial charge >= 0.3 is 11.9 Å². The number of unbranched alkanes of at least 4 members (excludes halogenated alkanes) is 5. The maximum Gasteiger partial charge on any atom is 0.312 e. The van der Waals surface area contributed by atoms with E-state index in [0.29, 0.717) is 6.61 Å². The lowest BCUT2D eigenvalue weighted by Gasteiger charge is -2.23. The molecule has 2 saturated carbocycles. The molecule has 0 heterocycles. The van der Waals surface area contributed by atoms with Crippen LogP contribution in [0.3, 0.4) is 0 Å². The van der Waals surface area contributed by atoms with Crippen LogP contribution in [0.2, 0.25) is 0 Å². The highest BCUT2D eigenvalue weighted by atomic mass is 16.6. The molecule has 1 unspecified atom stereocenters. The molecule has 2 fully saturated rings. The first kappa shape index (κ1) is 27.1. The molecule has 1 atom stereocenters. The van der Waals surface area contributed by atoms with Gasteiger partial charge in [0.15, 0.2) is 0 Å². The quantitative estimate of drug-likeness (QED) is 0.202. The molecule has 0 amide bonds. The van der Waals surface area contributed by atoms with Crippen LogP contribution in [0.1, 0.15) is 130 Å². The van der Waals surface area contributed by atoms with Gasteiger partial charge in [0.1, 0.15) is 5.60 Å². The van der Waals surface area contributed by atoms with Gasteiger partial charge in [-0.1, -0.05) is 51.9 Å². The fourth-order valence-corrected chi connectivity index (χ4v) is 4.45. The highest BCUT2D eigenvalue weighted by Crippen LogP contribution is 2.52. The van der Waals surface area contributed by atoms with Gasteiger partial charge in [-0.2, -0.15) is 0 Å². The van der Waals surface area contributed by atoms with Gasteiger partial charge in [0.05, 0.1) is 23.5 Å². The summed E-state index contributed by atoms with van der Waals surface area (Å²) in [6.07, 6.45) is 15.4. The largest absolute Gasteiger partial charge is 0.465 e. The zero-order valence-corrected chi connectivity index (χ0v) is 21.2. The van der Waals surface area contributed by atoms with Crippen molar-refractivity contribution in [3.05, 3.63) is 0 Å². The zero-order valence-electron chi connectivity index (χ0n) is 21.2. The first-order chi connectivity index (χ1) is 15.1. The first-order valence-corrected chi connectivity index (χ1v) is 13.2. The number of ether oxygens (including phenoxy) is 2. The molecule has 0 aliphatic heterocycles. The van der Waals surface area contributed by atoms with Crippen LogP contribution in [0.25, 0.3) is 0 Å². The van der Waals surface area contributed by atoms with Crippen molar-refractivity contribution in [2.75, 3.05) is 6.61 Å². The van der Waals surface area contributed by atoms with Crippen molar-refractivity contribution in [1.29, 1.82) is 0 Å². The highest BCUT2D eigenvalue weighted by molar-refractivity contribution is 5.80. The molecule has 5 nitrogen and oxygen atoms in total. The van der Waals surface area contributed by atoms with Gasteiger partial charge in [-0.25, -0.2) is 0 Å². The molecule has 0 spiro atoms. The Kier molecular flexibility index (Phi) is 10.5.